The molecule has 2 N–H and O–H groups in total. The number of likely N-dealkylation sites (tertiary alicyclic amines) is 1. The van der Waals surface area contributed by atoms with Crippen molar-refractivity contribution in [2.75, 3.05) is 13.1 Å². The van der Waals surface area contributed by atoms with Gasteiger partial charge in [-0.3, -0.25) is 14.6 Å². The highest BCUT2D eigenvalue weighted by atomic mass is 16.4. The quantitative estimate of drug-likeness (QED) is 0.431. The molecule has 1 aromatic carbocycles. The van der Waals surface area contributed by atoms with Crippen molar-refractivity contribution in [2.45, 2.75) is 65.0 Å². The van der Waals surface area contributed by atoms with Gasteiger partial charge in [0.1, 0.15) is 0 Å². The van der Waals surface area contributed by atoms with Crippen LogP contribution in [0.5, 0.6) is 0 Å². The van der Waals surface area contributed by atoms with Gasteiger partial charge in [-0.15, -0.1) is 0 Å². The molecule has 0 bridgehead atoms. The number of benzene rings is 1. The second-order valence-electron chi connectivity index (χ2n) is 11.9. The minimum Gasteiger partial charge on any atom is -0.465 e. The van der Waals surface area contributed by atoms with E-state index in [2.05, 4.69) is 46.6 Å². The maximum atomic E-state index is 14.0. The molecule has 4 aliphatic rings. The highest BCUT2D eigenvalue weighted by Crippen LogP contribution is 2.41. The van der Waals surface area contributed by atoms with Crippen molar-refractivity contribution in [2.24, 2.45) is 5.92 Å². The first-order chi connectivity index (χ1) is 18.7. The number of ketones is 1. The molecule has 0 aromatic heterocycles. The minimum absolute atomic E-state index is 0.0482. The molecular formula is C33H39N3O3. The van der Waals surface area contributed by atoms with Gasteiger partial charge in [-0.25, -0.2) is 4.79 Å². The van der Waals surface area contributed by atoms with Gasteiger partial charge in [-0.2, -0.15) is 0 Å². The number of rotatable bonds is 5. The molecule has 1 amide bonds. The number of hydrogen-bond acceptors (Lipinski definition) is 4. The Morgan fingerprint density at radius 2 is 1.85 bits per heavy atom. The second-order valence-corrected chi connectivity index (χ2v) is 11.9. The van der Waals surface area contributed by atoms with Crippen molar-refractivity contribution in [1.82, 2.24) is 15.1 Å². The molecule has 2 heterocycles. The molecule has 0 radical (unpaired) electrons. The van der Waals surface area contributed by atoms with E-state index < -0.39 is 11.6 Å². The summed E-state index contributed by atoms with van der Waals surface area (Å²) in [6, 6.07) is 10.6. The first-order valence-corrected chi connectivity index (χ1v) is 14.1. The van der Waals surface area contributed by atoms with Crippen LogP contribution in [-0.2, 0) is 11.3 Å². The average molecular weight is 526 g/mol. The Morgan fingerprint density at radius 1 is 1.10 bits per heavy atom. The molecule has 2 aliphatic carbocycles. The summed E-state index contributed by atoms with van der Waals surface area (Å²) in [4.78, 5) is 30.5. The van der Waals surface area contributed by atoms with Crippen molar-refractivity contribution in [3.8, 4) is 0 Å². The molecule has 39 heavy (non-hydrogen) atoms. The number of carbonyl (C=O) groups is 2. The van der Waals surface area contributed by atoms with Crippen LogP contribution < -0.4 is 5.32 Å². The molecule has 1 aromatic rings. The highest BCUT2D eigenvalue weighted by Gasteiger charge is 2.41. The number of nitrogens with zero attached hydrogens (tertiary/aromatic N) is 2. The Bertz CT molecular complexity index is 1310. The van der Waals surface area contributed by atoms with Crippen LogP contribution in [0.2, 0.25) is 0 Å². The summed E-state index contributed by atoms with van der Waals surface area (Å²) in [7, 11) is 0. The van der Waals surface area contributed by atoms with E-state index in [0.717, 1.165) is 61.4 Å². The Hall–Kier alpha value is -3.64. The van der Waals surface area contributed by atoms with E-state index in [9.17, 15) is 14.7 Å². The van der Waals surface area contributed by atoms with E-state index in [4.69, 9.17) is 0 Å². The van der Waals surface area contributed by atoms with Gasteiger partial charge >= 0.3 is 6.09 Å². The van der Waals surface area contributed by atoms with Gasteiger partial charge in [0.05, 0.1) is 11.3 Å². The predicted octanol–water partition coefficient (Wildman–Crippen LogP) is 6.48. The third-order valence-electron chi connectivity index (χ3n) is 8.02. The standard InChI is InChI=1S/C33H39N3O3/c1-33(2,3)36(32(38)39)30-26-12-8-5-9-13-27(26)34-28-17-16-25(31(37)29(28)30)15-14-23-18-20-35(21-19-23)22-24-10-6-4-7-11-24/h4-13,15,23,34H,14,16-22H2,1-3H3,(H,38,39). The largest absolute Gasteiger partial charge is 0.465 e. The number of amides is 1. The van der Waals surface area contributed by atoms with E-state index >= 15 is 0 Å². The van der Waals surface area contributed by atoms with Crippen molar-refractivity contribution < 1.29 is 14.7 Å². The lowest BCUT2D eigenvalue weighted by atomic mass is 9.81. The fourth-order valence-corrected chi connectivity index (χ4v) is 6.01. The van der Waals surface area contributed by atoms with Crippen molar-refractivity contribution in [3.05, 3.63) is 106 Å². The van der Waals surface area contributed by atoms with E-state index in [1.54, 1.807) is 0 Å². The SMILES string of the molecule is CC(C)(C)N(C(=O)O)C1=C2C=CC=CC=C2NC2=C1C(=O)C(=CCC1CCN(Cc3ccccc3)CC1)CC2. The lowest BCUT2D eigenvalue weighted by Gasteiger charge is -2.41. The number of dihydropyridines is 1. The van der Waals surface area contributed by atoms with Crippen LogP contribution in [-0.4, -0.2) is 45.4 Å². The maximum Gasteiger partial charge on any atom is 0.412 e. The van der Waals surface area contributed by atoms with Gasteiger partial charge in [-0.05, 0) is 89.1 Å². The second kappa shape index (κ2) is 11.2. The normalized spacial score (nSPS) is 21.4. The zero-order valence-electron chi connectivity index (χ0n) is 23.2. The predicted molar refractivity (Wildman–Crippen MR) is 155 cm³/mol. The van der Waals surface area contributed by atoms with E-state index in [0.29, 0.717) is 30.0 Å². The van der Waals surface area contributed by atoms with Gasteiger partial charge in [0.15, 0.2) is 5.78 Å². The van der Waals surface area contributed by atoms with Crippen LogP contribution >= 0.6 is 0 Å². The summed E-state index contributed by atoms with van der Waals surface area (Å²) in [5.74, 6) is 0.512. The van der Waals surface area contributed by atoms with Crippen LogP contribution in [0.1, 0.15) is 58.4 Å². The summed E-state index contributed by atoms with van der Waals surface area (Å²) in [5, 5.41) is 13.8. The molecule has 6 heteroatoms. The number of carboxylic acid groups (broad SMARTS) is 1. The average Bonchev–Trinajstić information content (AvgIpc) is 3.14. The Balaban J connectivity index is 1.36. The molecule has 6 nitrogen and oxygen atoms in total. The summed E-state index contributed by atoms with van der Waals surface area (Å²) >= 11 is 0. The number of Topliss-reactive ketones (excluding diaryl/α,β-unsaturated/α-hetero) is 1. The minimum atomic E-state index is -1.06. The van der Waals surface area contributed by atoms with E-state index in [1.165, 1.54) is 10.5 Å². The molecule has 0 atom stereocenters. The van der Waals surface area contributed by atoms with Crippen LogP contribution in [0.4, 0.5) is 4.79 Å². The zero-order chi connectivity index (χ0) is 27.6. The fraction of sp³-hybridized carbons (Fsp3) is 0.394. The number of fused-ring (bicyclic) bond motifs is 1. The Labute approximate surface area is 231 Å². The third-order valence-corrected chi connectivity index (χ3v) is 8.02. The van der Waals surface area contributed by atoms with Crippen LogP contribution in [0, 0.1) is 5.92 Å². The zero-order valence-corrected chi connectivity index (χ0v) is 23.2. The van der Waals surface area contributed by atoms with Gasteiger partial charge in [-0.1, -0.05) is 60.7 Å². The highest BCUT2D eigenvalue weighted by molar-refractivity contribution is 6.13. The fourth-order valence-electron chi connectivity index (χ4n) is 6.01. The van der Waals surface area contributed by atoms with Crippen LogP contribution in [0.3, 0.4) is 0 Å². The van der Waals surface area contributed by atoms with Gasteiger partial charge in [0, 0.05) is 29.1 Å². The number of nitrogens with one attached hydrogen (secondary N) is 1. The third kappa shape index (κ3) is 5.86. The van der Waals surface area contributed by atoms with Crippen molar-refractivity contribution >= 4 is 11.9 Å². The number of hydrogen-bond donors (Lipinski definition) is 2. The number of allylic oxidation sites excluding steroid dienone is 9. The molecule has 1 saturated heterocycles. The Kier molecular flexibility index (Phi) is 7.76. The summed E-state index contributed by atoms with van der Waals surface area (Å²) in [6.07, 6.45) is 15.1. The smallest absolute Gasteiger partial charge is 0.412 e. The maximum absolute atomic E-state index is 14.0. The van der Waals surface area contributed by atoms with E-state index in [-0.39, 0.29) is 5.78 Å². The molecule has 0 saturated carbocycles. The molecule has 5 rings (SSSR count). The van der Waals surface area contributed by atoms with Crippen LogP contribution in [0.15, 0.2) is 101 Å². The van der Waals surface area contributed by atoms with Gasteiger partial charge in [0.25, 0.3) is 0 Å². The summed E-state index contributed by atoms with van der Waals surface area (Å²) in [6.45, 7) is 8.73. The first-order valence-electron chi connectivity index (χ1n) is 14.1. The number of carbonyl (C=O) groups excluding carboxylic acids is 1. The topological polar surface area (TPSA) is 72.9 Å². The molecule has 2 aliphatic heterocycles. The lowest BCUT2D eigenvalue weighted by Crippen LogP contribution is -2.48. The van der Waals surface area contributed by atoms with E-state index in [1.807, 2.05) is 51.2 Å². The van der Waals surface area contributed by atoms with Gasteiger partial charge in [0.2, 0.25) is 0 Å². The van der Waals surface area contributed by atoms with Gasteiger partial charge < -0.3 is 10.4 Å². The molecular weight excluding hydrogens is 486 g/mol. The molecule has 204 valence electrons. The summed E-state index contributed by atoms with van der Waals surface area (Å²) < 4.78 is 0. The molecule has 1 fully saturated rings. The number of piperidine rings is 1. The van der Waals surface area contributed by atoms with Crippen LogP contribution in [0.25, 0.3) is 0 Å². The first kappa shape index (κ1) is 26.9. The molecule has 0 unspecified atom stereocenters. The molecule has 0 spiro atoms. The summed E-state index contributed by atoms with van der Waals surface area (Å²) in [5.41, 5.74) is 4.80. The van der Waals surface area contributed by atoms with Crippen molar-refractivity contribution in [1.29, 1.82) is 0 Å². The Morgan fingerprint density at radius 3 is 2.54 bits per heavy atom. The monoisotopic (exact) mass is 525 g/mol. The van der Waals surface area contributed by atoms with Crippen molar-refractivity contribution in [3.63, 3.8) is 0 Å². The lowest BCUT2D eigenvalue weighted by molar-refractivity contribution is -0.112.